The van der Waals surface area contributed by atoms with Gasteiger partial charge in [0.2, 0.25) is 0 Å². The Hall–Kier alpha value is -3.02. The first kappa shape index (κ1) is 25.1. The number of hydrogen-bond donors (Lipinski definition) is 0. The molecule has 7 nitrogen and oxygen atoms in total. The highest BCUT2D eigenvalue weighted by molar-refractivity contribution is 6.30. The maximum absolute atomic E-state index is 14.9. The number of nitrogens with zero attached hydrogens (tertiary/aromatic N) is 6. The second-order valence-electron chi connectivity index (χ2n) is 9.02. The van der Waals surface area contributed by atoms with E-state index in [1.54, 1.807) is 31.3 Å². The Morgan fingerprint density at radius 3 is 2.51 bits per heavy atom. The summed E-state index contributed by atoms with van der Waals surface area (Å²) in [6.07, 6.45) is 2.41. The van der Waals surface area contributed by atoms with Crippen molar-refractivity contribution in [2.45, 2.75) is 58.2 Å². The van der Waals surface area contributed by atoms with Crippen molar-refractivity contribution < 1.29 is 4.39 Å². The highest BCUT2D eigenvalue weighted by Crippen LogP contribution is 2.36. The van der Waals surface area contributed by atoms with Gasteiger partial charge in [-0.2, -0.15) is 10.2 Å². The molecule has 0 saturated carbocycles. The smallest absolute Gasteiger partial charge is 0.349 e. The molecule has 3 atom stereocenters. The fraction of sp³-hybridized carbons (Fsp3) is 0.462. The third-order valence-corrected chi connectivity index (χ3v) is 7.35. The Morgan fingerprint density at radius 2 is 1.89 bits per heavy atom. The lowest BCUT2D eigenvalue weighted by atomic mass is 9.94. The molecule has 0 aliphatic carbocycles. The van der Waals surface area contributed by atoms with Gasteiger partial charge in [-0.1, -0.05) is 38.4 Å². The van der Waals surface area contributed by atoms with Gasteiger partial charge in [-0.3, -0.25) is 9.47 Å². The normalized spacial score (nSPS) is 19.6. The molecule has 4 rings (SSSR count). The number of piperazine rings is 1. The Morgan fingerprint density at radius 1 is 1.14 bits per heavy atom. The molecule has 0 spiro atoms. The Kier molecular flexibility index (Phi) is 7.39. The fourth-order valence-corrected chi connectivity index (χ4v) is 5.36. The summed E-state index contributed by atoms with van der Waals surface area (Å²) < 4.78 is 16.4. The van der Waals surface area contributed by atoms with Gasteiger partial charge in [0.05, 0.1) is 5.52 Å². The van der Waals surface area contributed by atoms with E-state index in [1.165, 1.54) is 10.6 Å². The average molecular weight is 497 g/mol. The minimum atomic E-state index is -0.362. The summed E-state index contributed by atoms with van der Waals surface area (Å²) in [4.78, 5) is 26.2. The first-order valence-corrected chi connectivity index (χ1v) is 12.5. The number of benzene rings is 1. The van der Waals surface area contributed by atoms with Crippen LogP contribution >= 0.6 is 11.6 Å². The van der Waals surface area contributed by atoms with Gasteiger partial charge in [-0.15, -0.1) is 0 Å². The van der Waals surface area contributed by atoms with Crippen LogP contribution in [0.1, 0.15) is 57.3 Å². The molecular formula is C26H30ClFN6O. The zero-order valence-electron chi connectivity index (χ0n) is 20.5. The van der Waals surface area contributed by atoms with Gasteiger partial charge >= 0.3 is 5.69 Å². The molecule has 1 unspecified atom stereocenters. The van der Waals surface area contributed by atoms with Crippen LogP contribution < -0.4 is 10.6 Å². The van der Waals surface area contributed by atoms with Crippen LogP contribution in [0.25, 0.3) is 11.0 Å². The van der Waals surface area contributed by atoms with Crippen LogP contribution in [0.4, 0.5) is 10.2 Å². The zero-order chi connectivity index (χ0) is 25.3. The molecule has 3 aromatic rings. The van der Waals surface area contributed by atoms with Gasteiger partial charge in [0.1, 0.15) is 23.1 Å². The molecule has 0 amide bonds. The second kappa shape index (κ2) is 10.3. The minimum absolute atomic E-state index is 0.0394. The highest BCUT2D eigenvalue weighted by atomic mass is 35.5. The molecule has 1 aromatic carbocycles. The zero-order valence-corrected chi connectivity index (χ0v) is 21.3. The summed E-state index contributed by atoms with van der Waals surface area (Å²) in [5.41, 5.74) is 1.75. The van der Waals surface area contributed by atoms with Gasteiger partial charge in [0, 0.05) is 48.8 Å². The van der Waals surface area contributed by atoms with Crippen molar-refractivity contribution in [3.8, 4) is 6.07 Å². The minimum Gasteiger partial charge on any atom is -0.349 e. The summed E-state index contributed by atoms with van der Waals surface area (Å²) in [6, 6.07) is 10.4. The predicted octanol–water partition coefficient (Wildman–Crippen LogP) is 4.82. The number of aromatic nitrogens is 3. The maximum atomic E-state index is 14.9. The lowest BCUT2D eigenvalue weighted by Crippen LogP contribution is -2.59. The van der Waals surface area contributed by atoms with Gasteiger partial charge in [-0.25, -0.2) is 14.2 Å². The van der Waals surface area contributed by atoms with Crippen LogP contribution in [0.15, 0.2) is 35.1 Å². The van der Waals surface area contributed by atoms with E-state index in [0.717, 1.165) is 19.3 Å². The third-order valence-electron chi connectivity index (χ3n) is 7.11. The molecule has 0 bridgehead atoms. The maximum Gasteiger partial charge on any atom is 0.349 e. The van der Waals surface area contributed by atoms with E-state index in [-0.39, 0.29) is 35.3 Å². The average Bonchev–Trinajstić information content (AvgIpc) is 2.87. The van der Waals surface area contributed by atoms with E-state index in [2.05, 4.69) is 46.6 Å². The number of anilines is 1. The van der Waals surface area contributed by atoms with Crippen LogP contribution in [0.5, 0.6) is 0 Å². The molecule has 184 valence electrons. The highest BCUT2D eigenvalue weighted by Gasteiger charge is 2.38. The van der Waals surface area contributed by atoms with Crippen LogP contribution in [0.3, 0.4) is 0 Å². The first-order valence-electron chi connectivity index (χ1n) is 12.1. The van der Waals surface area contributed by atoms with Gasteiger partial charge < -0.3 is 4.90 Å². The number of halogens is 2. The number of aryl methyl sites for hydroxylation is 1. The van der Waals surface area contributed by atoms with Crippen LogP contribution in [0, 0.1) is 17.1 Å². The predicted molar refractivity (Wildman–Crippen MR) is 136 cm³/mol. The molecule has 1 fully saturated rings. The number of rotatable bonds is 6. The van der Waals surface area contributed by atoms with Crippen molar-refractivity contribution in [1.29, 1.82) is 5.26 Å². The SMILES string of the molecule is CCC(c1ccc(Cl)cc1F)N1C[C@H](CC)N(c2nc(=O)n(C)c3ccc(C#N)nc23)C[C@H]1CC. The quantitative estimate of drug-likeness (QED) is 0.486. The van der Waals surface area contributed by atoms with E-state index in [9.17, 15) is 14.4 Å². The lowest BCUT2D eigenvalue weighted by Gasteiger charge is -2.49. The molecule has 3 heterocycles. The molecule has 2 aromatic heterocycles. The Bertz CT molecular complexity index is 1340. The van der Waals surface area contributed by atoms with Gasteiger partial charge in [0.25, 0.3) is 0 Å². The summed E-state index contributed by atoms with van der Waals surface area (Å²) >= 11 is 6.01. The van der Waals surface area contributed by atoms with E-state index >= 15 is 0 Å². The van der Waals surface area contributed by atoms with Crippen LogP contribution in [-0.4, -0.2) is 44.6 Å². The molecule has 0 radical (unpaired) electrons. The standard InChI is InChI=1S/C26H30ClFN6O/c1-5-18-15-34(25-24-23(32(4)26(35)31-25)11-9-17(13-29)30-24)19(6-2)14-33(18)22(7-3)20-10-8-16(27)12-21(20)28/h8-12,18-19,22H,5-7,14-15H2,1-4H3/t18-,19+,22?/m1/s1. The third kappa shape index (κ3) is 4.63. The van der Waals surface area contributed by atoms with Crippen molar-refractivity contribution in [3.63, 3.8) is 0 Å². The van der Waals surface area contributed by atoms with Gasteiger partial charge in [0.15, 0.2) is 5.82 Å². The lowest BCUT2D eigenvalue weighted by molar-refractivity contribution is 0.0877. The van der Waals surface area contributed by atoms with Crippen LogP contribution in [0.2, 0.25) is 5.02 Å². The number of fused-ring (bicyclic) bond motifs is 1. The number of nitriles is 1. The monoisotopic (exact) mass is 496 g/mol. The van der Waals surface area contributed by atoms with Crippen molar-refractivity contribution >= 4 is 28.5 Å². The largest absolute Gasteiger partial charge is 0.349 e. The van der Waals surface area contributed by atoms with E-state index in [1.807, 2.05) is 0 Å². The molecule has 1 aliphatic rings. The van der Waals surface area contributed by atoms with E-state index in [4.69, 9.17) is 11.6 Å². The Labute approximate surface area is 209 Å². The fourth-order valence-electron chi connectivity index (χ4n) is 5.20. The molecule has 0 N–H and O–H groups in total. The molecule has 1 aliphatic heterocycles. The summed E-state index contributed by atoms with van der Waals surface area (Å²) in [5.74, 6) is 0.220. The summed E-state index contributed by atoms with van der Waals surface area (Å²) in [5, 5.41) is 9.80. The molecule has 35 heavy (non-hydrogen) atoms. The summed E-state index contributed by atoms with van der Waals surface area (Å²) in [6.45, 7) is 7.60. The number of hydrogen-bond acceptors (Lipinski definition) is 6. The molecular weight excluding hydrogens is 467 g/mol. The van der Waals surface area contributed by atoms with Crippen molar-refractivity contribution in [2.75, 3.05) is 18.0 Å². The van der Waals surface area contributed by atoms with Crippen molar-refractivity contribution in [1.82, 2.24) is 19.4 Å². The van der Waals surface area contributed by atoms with Crippen molar-refractivity contribution in [3.05, 3.63) is 62.9 Å². The van der Waals surface area contributed by atoms with Crippen LogP contribution in [-0.2, 0) is 7.05 Å². The van der Waals surface area contributed by atoms with E-state index < -0.39 is 0 Å². The first-order chi connectivity index (χ1) is 16.8. The second-order valence-corrected chi connectivity index (χ2v) is 9.45. The van der Waals surface area contributed by atoms with E-state index in [0.29, 0.717) is 40.5 Å². The van der Waals surface area contributed by atoms with Crippen molar-refractivity contribution in [2.24, 2.45) is 7.05 Å². The Balaban J connectivity index is 1.78. The molecule has 9 heteroatoms. The molecule has 1 saturated heterocycles. The number of pyridine rings is 1. The summed E-state index contributed by atoms with van der Waals surface area (Å²) in [7, 11) is 1.66. The topological polar surface area (TPSA) is 78.0 Å². The van der Waals surface area contributed by atoms with Gasteiger partial charge in [-0.05, 0) is 43.5 Å².